The minimum atomic E-state index is -3.30. The summed E-state index contributed by atoms with van der Waals surface area (Å²) in [4.78, 5) is 16.7. The van der Waals surface area contributed by atoms with E-state index in [4.69, 9.17) is 0 Å². The predicted molar refractivity (Wildman–Crippen MR) is 127 cm³/mol. The van der Waals surface area contributed by atoms with Crippen LogP contribution in [0.4, 0.5) is 10.8 Å². The maximum absolute atomic E-state index is 12.2. The van der Waals surface area contributed by atoms with Crippen LogP contribution in [-0.4, -0.2) is 38.4 Å². The molecule has 3 rings (SSSR count). The molecule has 0 aliphatic heterocycles. The molecular formula is C21H23N3O3S3. The number of thiazole rings is 1. The van der Waals surface area contributed by atoms with Crippen molar-refractivity contribution in [1.29, 1.82) is 0 Å². The van der Waals surface area contributed by atoms with Gasteiger partial charge in [-0.1, -0.05) is 42.0 Å². The zero-order chi connectivity index (χ0) is 21.7. The third kappa shape index (κ3) is 6.07. The third-order valence-corrected chi connectivity index (χ3v) is 7.33. The van der Waals surface area contributed by atoms with E-state index in [0.717, 1.165) is 23.3 Å². The lowest BCUT2D eigenvalue weighted by molar-refractivity contribution is -0.113. The fourth-order valence-corrected chi connectivity index (χ4v) is 4.73. The standard InChI is InChI=1S/C21H23N3O3S3/c1-15-5-4-6-16(11-15)12-28-14-20(25)23-21-22-19(13-29-21)17-7-9-18(10-8-17)24(2)30(3,26)27/h4-11,13H,12,14H2,1-3H3,(H,22,23,25). The summed E-state index contributed by atoms with van der Waals surface area (Å²) in [6.07, 6.45) is 1.16. The third-order valence-electron chi connectivity index (χ3n) is 4.36. The molecule has 0 aliphatic rings. The SMILES string of the molecule is Cc1cccc(CSCC(=O)Nc2nc(-c3ccc(N(C)S(C)(=O)=O)cc3)cs2)c1. The van der Waals surface area contributed by atoms with Crippen LogP contribution < -0.4 is 9.62 Å². The van der Waals surface area contributed by atoms with Gasteiger partial charge in [0.2, 0.25) is 15.9 Å². The van der Waals surface area contributed by atoms with Crippen molar-refractivity contribution < 1.29 is 13.2 Å². The molecule has 3 aromatic rings. The van der Waals surface area contributed by atoms with Gasteiger partial charge in [-0.15, -0.1) is 23.1 Å². The van der Waals surface area contributed by atoms with E-state index >= 15 is 0 Å². The minimum Gasteiger partial charge on any atom is -0.301 e. The molecule has 6 nitrogen and oxygen atoms in total. The molecule has 1 amide bonds. The molecule has 0 bridgehead atoms. The number of nitrogens with zero attached hydrogens (tertiary/aromatic N) is 2. The Morgan fingerprint density at radius 1 is 1.20 bits per heavy atom. The predicted octanol–water partition coefficient (Wildman–Crippen LogP) is 4.39. The normalized spacial score (nSPS) is 11.3. The fourth-order valence-electron chi connectivity index (χ4n) is 2.72. The molecule has 1 heterocycles. The number of sulfonamides is 1. The molecule has 2 aromatic carbocycles. The van der Waals surface area contributed by atoms with Gasteiger partial charge >= 0.3 is 0 Å². The first-order valence-electron chi connectivity index (χ1n) is 9.15. The zero-order valence-electron chi connectivity index (χ0n) is 17.0. The highest BCUT2D eigenvalue weighted by Crippen LogP contribution is 2.27. The number of aryl methyl sites for hydroxylation is 1. The van der Waals surface area contributed by atoms with E-state index in [1.165, 1.54) is 33.8 Å². The van der Waals surface area contributed by atoms with Gasteiger partial charge in [-0.2, -0.15) is 0 Å². The molecular weight excluding hydrogens is 438 g/mol. The van der Waals surface area contributed by atoms with Crippen molar-refractivity contribution in [3.8, 4) is 11.3 Å². The van der Waals surface area contributed by atoms with E-state index in [1.54, 1.807) is 23.9 Å². The highest BCUT2D eigenvalue weighted by molar-refractivity contribution is 7.99. The van der Waals surface area contributed by atoms with Crippen molar-refractivity contribution in [2.75, 3.05) is 28.7 Å². The Morgan fingerprint density at radius 3 is 2.60 bits per heavy atom. The molecule has 0 radical (unpaired) electrons. The number of hydrogen-bond donors (Lipinski definition) is 1. The van der Waals surface area contributed by atoms with Crippen LogP contribution in [-0.2, 0) is 20.6 Å². The number of nitrogens with one attached hydrogen (secondary N) is 1. The van der Waals surface area contributed by atoms with Crippen LogP contribution in [0.25, 0.3) is 11.3 Å². The summed E-state index contributed by atoms with van der Waals surface area (Å²) in [5, 5.41) is 5.25. The van der Waals surface area contributed by atoms with Gasteiger partial charge in [0.15, 0.2) is 5.13 Å². The van der Waals surface area contributed by atoms with Crippen molar-refractivity contribution in [3.05, 3.63) is 65.0 Å². The maximum Gasteiger partial charge on any atom is 0.236 e. The quantitative estimate of drug-likeness (QED) is 0.538. The molecule has 0 unspecified atom stereocenters. The van der Waals surface area contributed by atoms with E-state index in [2.05, 4.69) is 35.4 Å². The van der Waals surface area contributed by atoms with Gasteiger partial charge < -0.3 is 5.32 Å². The second-order valence-corrected chi connectivity index (χ2v) is 10.7. The second-order valence-electron chi connectivity index (χ2n) is 6.85. The van der Waals surface area contributed by atoms with Gasteiger partial charge in [-0.25, -0.2) is 13.4 Å². The summed E-state index contributed by atoms with van der Waals surface area (Å²) >= 11 is 2.92. The molecule has 0 atom stereocenters. The zero-order valence-corrected chi connectivity index (χ0v) is 19.4. The molecule has 30 heavy (non-hydrogen) atoms. The molecule has 1 aromatic heterocycles. The number of thioether (sulfide) groups is 1. The van der Waals surface area contributed by atoms with E-state index in [1.807, 2.05) is 23.6 Å². The number of rotatable bonds is 8. The van der Waals surface area contributed by atoms with Crippen molar-refractivity contribution in [2.45, 2.75) is 12.7 Å². The average molecular weight is 462 g/mol. The fraction of sp³-hybridized carbons (Fsp3) is 0.238. The summed E-state index contributed by atoms with van der Waals surface area (Å²) in [6.45, 7) is 2.05. The lowest BCUT2D eigenvalue weighted by atomic mass is 10.1. The van der Waals surface area contributed by atoms with Gasteiger partial charge in [0.1, 0.15) is 0 Å². The number of hydrogen-bond acceptors (Lipinski definition) is 6. The van der Waals surface area contributed by atoms with Crippen LogP contribution in [0.15, 0.2) is 53.9 Å². The molecule has 1 N–H and O–H groups in total. The first-order valence-corrected chi connectivity index (χ1v) is 13.0. The number of amides is 1. The summed E-state index contributed by atoms with van der Waals surface area (Å²) in [6, 6.07) is 15.4. The van der Waals surface area contributed by atoms with Crippen molar-refractivity contribution in [2.24, 2.45) is 0 Å². The minimum absolute atomic E-state index is 0.0846. The Labute approximate surface area is 185 Å². The lowest BCUT2D eigenvalue weighted by Gasteiger charge is -2.16. The molecule has 0 saturated carbocycles. The first-order chi connectivity index (χ1) is 14.2. The summed E-state index contributed by atoms with van der Waals surface area (Å²) < 4.78 is 24.5. The van der Waals surface area contributed by atoms with Crippen molar-refractivity contribution in [1.82, 2.24) is 4.98 Å². The molecule has 0 aliphatic carbocycles. The number of benzene rings is 2. The Kier molecular flexibility index (Phi) is 7.17. The van der Waals surface area contributed by atoms with E-state index in [9.17, 15) is 13.2 Å². The highest BCUT2D eigenvalue weighted by Gasteiger charge is 2.13. The number of aromatic nitrogens is 1. The van der Waals surface area contributed by atoms with Gasteiger partial charge in [-0.3, -0.25) is 9.10 Å². The number of carbonyl (C=O) groups excluding carboxylic acids is 1. The average Bonchev–Trinajstić information content (AvgIpc) is 3.15. The van der Waals surface area contributed by atoms with Gasteiger partial charge in [-0.05, 0) is 24.6 Å². The maximum atomic E-state index is 12.2. The van der Waals surface area contributed by atoms with Crippen LogP contribution in [0.5, 0.6) is 0 Å². The molecule has 0 fully saturated rings. The summed E-state index contributed by atoms with van der Waals surface area (Å²) in [5.74, 6) is 1.06. The molecule has 158 valence electrons. The van der Waals surface area contributed by atoms with Crippen molar-refractivity contribution in [3.63, 3.8) is 0 Å². The van der Waals surface area contributed by atoms with Crippen LogP contribution in [0.3, 0.4) is 0 Å². The van der Waals surface area contributed by atoms with Gasteiger partial charge in [0.25, 0.3) is 0 Å². The van der Waals surface area contributed by atoms with Crippen LogP contribution in [0.1, 0.15) is 11.1 Å². The van der Waals surface area contributed by atoms with Crippen LogP contribution in [0.2, 0.25) is 0 Å². The molecule has 0 saturated heterocycles. The van der Waals surface area contributed by atoms with Crippen LogP contribution in [0, 0.1) is 6.92 Å². The number of anilines is 2. The monoisotopic (exact) mass is 461 g/mol. The summed E-state index contributed by atoms with van der Waals surface area (Å²) in [7, 11) is -1.79. The Bertz CT molecular complexity index is 1130. The largest absolute Gasteiger partial charge is 0.301 e. The Hall–Kier alpha value is -2.36. The topological polar surface area (TPSA) is 79.4 Å². The van der Waals surface area contributed by atoms with Crippen molar-refractivity contribution >= 4 is 49.8 Å². The molecule has 0 spiro atoms. The van der Waals surface area contributed by atoms with E-state index in [-0.39, 0.29) is 5.91 Å². The van der Waals surface area contributed by atoms with E-state index < -0.39 is 10.0 Å². The lowest BCUT2D eigenvalue weighted by Crippen LogP contribution is -2.24. The Morgan fingerprint density at radius 2 is 1.93 bits per heavy atom. The second kappa shape index (κ2) is 9.63. The Balaban J connectivity index is 1.55. The first kappa shape index (κ1) is 22.3. The highest BCUT2D eigenvalue weighted by atomic mass is 32.2. The van der Waals surface area contributed by atoms with Gasteiger partial charge in [0.05, 0.1) is 23.4 Å². The molecule has 9 heteroatoms. The number of carbonyl (C=O) groups is 1. The van der Waals surface area contributed by atoms with E-state index in [0.29, 0.717) is 16.6 Å². The smallest absolute Gasteiger partial charge is 0.236 e. The van der Waals surface area contributed by atoms with Crippen LogP contribution >= 0.6 is 23.1 Å². The summed E-state index contributed by atoms with van der Waals surface area (Å²) in [5.41, 5.74) is 4.58. The van der Waals surface area contributed by atoms with Gasteiger partial charge in [0, 0.05) is 23.7 Å².